The standard InChI is InChI=1S/C17H30O3Si/c1-14(20-21(5,6)17(2,3)4)16(12-18)19-13-15-10-8-7-9-11-15/h7-11,14,16,18H,12-13H2,1-6H3/t14-,16+/m0/s1. The molecule has 0 bridgehead atoms. The predicted octanol–water partition coefficient (Wildman–Crippen LogP) is 3.97. The van der Waals surface area contributed by atoms with Gasteiger partial charge in [-0.1, -0.05) is 51.1 Å². The Balaban J connectivity index is 2.59. The maximum absolute atomic E-state index is 9.58. The van der Waals surface area contributed by atoms with E-state index in [0.29, 0.717) is 6.61 Å². The van der Waals surface area contributed by atoms with E-state index in [4.69, 9.17) is 9.16 Å². The Morgan fingerprint density at radius 1 is 1.14 bits per heavy atom. The summed E-state index contributed by atoms with van der Waals surface area (Å²) in [4.78, 5) is 0. The summed E-state index contributed by atoms with van der Waals surface area (Å²) in [7, 11) is -1.85. The van der Waals surface area contributed by atoms with Crippen LogP contribution in [0.3, 0.4) is 0 Å². The van der Waals surface area contributed by atoms with Crippen LogP contribution in [-0.2, 0) is 15.8 Å². The van der Waals surface area contributed by atoms with E-state index in [1.807, 2.05) is 37.3 Å². The van der Waals surface area contributed by atoms with Crippen molar-refractivity contribution in [1.82, 2.24) is 0 Å². The van der Waals surface area contributed by atoms with Gasteiger partial charge in [-0.3, -0.25) is 0 Å². The van der Waals surface area contributed by atoms with Gasteiger partial charge in [0.2, 0.25) is 0 Å². The van der Waals surface area contributed by atoms with Gasteiger partial charge in [-0.15, -0.1) is 0 Å². The second-order valence-corrected chi connectivity index (χ2v) is 11.9. The Hall–Kier alpha value is -0.683. The quantitative estimate of drug-likeness (QED) is 0.774. The van der Waals surface area contributed by atoms with Crippen molar-refractivity contribution in [3.8, 4) is 0 Å². The van der Waals surface area contributed by atoms with Crippen molar-refractivity contribution in [3.05, 3.63) is 35.9 Å². The highest BCUT2D eigenvalue weighted by molar-refractivity contribution is 6.74. The van der Waals surface area contributed by atoms with E-state index in [-0.39, 0.29) is 23.9 Å². The number of aliphatic hydroxyl groups excluding tert-OH is 1. The molecule has 0 spiro atoms. The topological polar surface area (TPSA) is 38.7 Å². The summed E-state index contributed by atoms with van der Waals surface area (Å²) < 4.78 is 12.1. The number of aliphatic hydroxyl groups is 1. The predicted molar refractivity (Wildman–Crippen MR) is 89.8 cm³/mol. The highest BCUT2D eigenvalue weighted by Crippen LogP contribution is 2.37. The normalized spacial score (nSPS) is 15.8. The molecule has 2 atom stereocenters. The molecule has 1 aromatic rings. The molecule has 4 heteroatoms. The van der Waals surface area contributed by atoms with Crippen LogP contribution >= 0.6 is 0 Å². The van der Waals surface area contributed by atoms with Crippen LogP contribution in [0.2, 0.25) is 18.1 Å². The Kier molecular flexibility index (Phi) is 6.59. The van der Waals surface area contributed by atoms with Crippen molar-refractivity contribution in [3.63, 3.8) is 0 Å². The van der Waals surface area contributed by atoms with E-state index in [9.17, 15) is 5.11 Å². The molecule has 3 nitrogen and oxygen atoms in total. The lowest BCUT2D eigenvalue weighted by molar-refractivity contribution is -0.0591. The highest BCUT2D eigenvalue weighted by Gasteiger charge is 2.39. The fraction of sp³-hybridized carbons (Fsp3) is 0.647. The van der Waals surface area contributed by atoms with Crippen molar-refractivity contribution in [1.29, 1.82) is 0 Å². The smallest absolute Gasteiger partial charge is 0.192 e. The molecule has 1 N–H and O–H groups in total. The minimum Gasteiger partial charge on any atom is -0.411 e. The Bertz CT molecular complexity index is 412. The summed E-state index contributed by atoms with van der Waals surface area (Å²) in [6.45, 7) is 13.5. The van der Waals surface area contributed by atoms with Crippen LogP contribution in [0.5, 0.6) is 0 Å². The van der Waals surface area contributed by atoms with Gasteiger partial charge in [0, 0.05) is 0 Å². The van der Waals surface area contributed by atoms with Crippen LogP contribution in [0.4, 0.5) is 0 Å². The SMILES string of the molecule is C[C@H](O[Si](C)(C)C(C)(C)C)[C@@H](CO)OCc1ccccc1. The summed E-state index contributed by atoms with van der Waals surface area (Å²) in [6, 6.07) is 10.0. The minimum absolute atomic E-state index is 0.0252. The zero-order chi connectivity index (χ0) is 16.1. The fourth-order valence-corrected chi connectivity index (χ4v) is 3.27. The summed E-state index contributed by atoms with van der Waals surface area (Å²) in [6.07, 6.45) is -0.404. The minimum atomic E-state index is -1.85. The number of ether oxygens (including phenoxy) is 1. The van der Waals surface area contributed by atoms with Crippen molar-refractivity contribution >= 4 is 8.32 Å². The first kappa shape index (κ1) is 18.4. The molecule has 0 radical (unpaired) electrons. The van der Waals surface area contributed by atoms with Crippen molar-refractivity contribution in [2.24, 2.45) is 0 Å². The lowest BCUT2D eigenvalue weighted by Crippen LogP contribution is -2.47. The van der Waals surface area contributed by atoms with Crippen LogP contribution in [0.1, 0.15) is 33.3 Å². The molecular weight excluding hydrogens is 280 g/mol. The molecular formula is C17H30O3Si. The molecule has 0 saturated heterocycles. The fourth-order valence-electron chi connectivity index (χ4n) is 1.83. The molecule has 0 saturated carbocycles. The molecule has 0 aromatic heterocycles. The van der Waals surface area contributed by atoms with Gasteiger partial charge in [0.1, 0.15) is 6.10 Å². The number of hydrogen-bond donors (Lipinski definition) is 1. The van der Waals surface area contributed by atoms with E-state index < -0.39 is 8.32 Å². The van der Waals surface area contributed by atoms with Crippen LogP contribution < -0.4 is 0 Å². The van der Waals surface area contributed by atoms with E-state index in [2.05, 4.69) is 33.9 Å². The van der Waals surface area contributed by atoms with Gasteiger partial charge >= 0.3 is 0 Å². The molecule has 0 aliphatic rings. The van der Waals surface area contributed by atoms with E-state index in [1.54, 1.807) is 0 Å². The third-order valence-corrected chi connectivity index (χ3v) is 8.87. The van der Waals surface area contributed by atoms with Gasteiger partial charge in [-0.25, -0.2) is 0 Å². The Labute approximate surface area is 130 Å². The largest absolute Gasteiger partial charge is 0.411 e. The van der Waals surface area contributed by atoms with Crippen molar-refractivity contribution < 1.29 is 14.3 Å². The molecule has 21 heavy (non-hydrogen) atoms. The number of rotatable bonds is 7. The summed E-state index contributed by atoms with van der Waals surface area (Å²) >= 11 is 0. The van der Waals surface area contributed by atoms with E-state index in [1.165, 1.54) is 0 Å². The number of hydrogen-bond acceptors (Lipinski definition) is 3. The lowest BCUT2D eigenvalue weighted by atomic mass is 10.2. The molecule has 120 valence electrons. The van der Waals surface area contributed by atoms with Crippen molar-refractivity contribution in [2.75, 3.05) is 6.61 Å². The summed E-state index contributed by atoms with van der Waals surface area (Å²) in [5.41, 5.74) is 1.11. The third kappa shape index (κ3) is 5.55. The van der Waals surface area contributed by atoms with Crippen LogP contribution in [0.25, 0.3) is 0 Å². The highest BCUT2D eigenvalue weighted by atomic mass is 28.4. The zero-order valence-electron chi connectivity index (χ0n) is 14.2. The zero-order valence-corrected chi connectivity index (χ0v) is 15.2. The molecule has 0 aliphatic heterocycles. The monoisotopic (exact) mass is 310 g/mol. The molecule has 0 unspecified atom stereocenters. The van der Waals surface area contributed by atoms with Gasteiger partial charge in [0.15, 0.2) is 8.32 Å². The molecule has 0 fully saturated rings. The average Bonchev–Trinajstić information content (AvgIpc) is 2.38. The van der Waals surface area contributed by atoms with Gasteiger partial charge in [0.25, 0.3) is 0 Å². The summed E-state index contributed by atoms with van der Waals surface area (Å²) in [5, 5.41) is 9.74. The second-order valence-electron chi connectivity index (χ2n) is 7.10. The molecule has 0 amide bonds. The summed E-state index contributed by atoms with van der Waals surface area (Å²) in [5.74, 6) is 0. The molecule has 0 heterocycles. The molecule has 0 aliphatic carbocycles. The first-order valence-electron chi connectivity index (χ1n) is 7.61. The maximum atomic E-state index is 9.58. The van der Waals surface area contributed by atoms with Crippen LogP contribution in [0.15, 0.2) is 30.3 Å². The molecule has 1 aromatic carbocycles. The van der Waals surface area contributed by atoms with E-state index >= 15 is 0 Å². The Morgan fingerprint density at radius 2 is 1.71 bits per heavy atom. The second kappa shape index (κ2) is 7.54. The van der Waals surface area contributed by atoms with Gasteiger partial charge < -0.3 is 14.3 Å². The van der Waals surface area contributed by atoms with Crippen LogP contribution in [0, 0.1) is 0 Å². The third-order valence-electron chi connectivity index (χ3n) is 4.30. The van der Waals surface area contributed by atoms with Gasteiger partial charge in [-0.2, -0.15) is 0 Å². The average molecular weight is 311 g/mol. The van der Waals surface area contributed by atoms with Crippen molar-refractivity contribution in [2.45, 2.75) is 64.6 Å². The van der Waals surface area contributed by atoms with Gasteiger partial charge in [-0.05, 0) is 30.6 Å². The first-order chi connectivity index (χ1) is 9.67. The van der Waals surface area contributed by atoms with Crippen LogP contribution in [-0.4, -0.2) is 32.2 Å². The maximum Gasteiger partial charge on any atom is 0.192 e. The first-order valence-corrected chi connectivity index (χ1v) is 10.5. The van der Waals surface area contributed by atoms with Gasteiger partial charge in [0.05, 0.1) is 19.3 Å². The Morgan fingerprint density at radius 3 is 2.19 bits per heavy atom. The van der Waals surface area contributed by atoms with E-state index in [0.717, 1.165) is 5.56 Å². The lowest BCUT2D eigenvalue weighted by Gasteiger charge is -2.40. The number of benzene rings is 1. The molecule has 1 rings (SSSR count).